The van der Waals surface area contributed by atoms with Gasteiger partial charge < -0.3 is 15.5 Å². The summed E-state index contributed by atoms with van der Waals surface area (Å²) in [6, 6.07) is 15.6. The number of hydrogen-bond acceptors (Lipinski definition) is 7. The van der Waals surface area contributed by atoms with Crippen molar-refractivity contribution in [3.63, 3.8) is 0 Å². The third-order valence-electron chi connectivity index (χ3n) is 7.35. The molecule has 2 unspecified atom stereocenters. The fraction of sp³-hybridized carbons (Fsp3) is 0.407. The van der Waals surface area contributed by atoms with E-state index in [1.54, 1.807) is 60.1 Å². The Kier molecular flexibility index (Phi) is 8.00. The molecule has 0 spiro atoms. The van der Waals surface area contributed by atoms with Gasteiger partial charge in [0.15, 0.2) is 0 Å². The van der Waals surface area contributed by atoms with Crippen LogP contribution < -0.4 is 10.8 Å². The summed E-state index contributed by atoms with van der Waals surface area (Å²) in [6.07, 6.45) is -2.74. The van der Waals surface area contributed by atoms with Gasteiger partial charge in [0, 0.05) is 19.4 Å². The standard InChI is InChI=1S/C27H30F2N4O5/c28-27(29)12-10-26(37,11-13-27)25(24(36)33-38,14-18-6-2-1-3-7-18)15-19(34)16-31-23(35)22-17-30-20-8-4-5-9-21(20)32-22/h1-9,17,19,34,37-38H,10-16H2,(H,31,35)(H,33,36). The van der Waals surface area contributed by atoms with Crippen molar-refractivity contribution in [2.24, 2.45) is 5.41 Å². The normalized spacial score (nSPS) is 18.8. The van der Waals surface area contributed by atoms with E-state index < -0.39 is 67.0 Å². The van der Waals surface area contributed by atoms with Crippen molar-refractivity contribution in [3.05, 3.63) is 72.1 Å². The van der Waals surface area contributed by atoms with E-state index >= 15 is 0 Å². The Labute approximate surface area is 217 Å². The van der Waals surface area contributed by atoms with Crippen LogP contribution in [0.3, 0.4) is 0 Å². The van der Waals surface area contributed by atoms with Crippen molar-refractivity contribution in [2.75, 3.05) is 6.54 Å². The topological polar surface area (TPSA) is 145 Å². The molecule has 1 saturated carbocycles. The highest BCUT2D eigenvalue weighted by molar-refractivity contribution is 5.93. The minimum Gasteiger partial charge on any atom is -0.391 e. The average Bonchev–Trinajstić information content (AvgIpc) is 2.92. The Balaban J connectivity index is 1.57. The molecular weight excluding hydrogens is 498 g/mol. The molecule has 38 heavy (non-hydrogen) atoms. The van der Waals surface area contributed by atoms with Gasteiger partial charge in [0.1, 0.15) is 5.69 Å². The first-order valence-corrected chi connectivity index (χ1v) is 12.3. The molecule has 0 saturated heterocycles. The predicted molar refractivity (Wildman–Crippen MR) is 133 cm³/mol. The lowest BCUT2D eigenvalue weighted by atomic mass is 9.59. The second-order valence-corrected chi connectivity index (χ2v) is 9.88. The maximum absolute atomic E-state index is 14.0. The number of halogens is 2. The summed E-state index contributed by atoms with van der Waals surface area (Å²) >= 11 is 0. The Hall–Kier alpha value is -3.54. The molecule has 5 N–H and O–H groups in total. The number of hydrogen-bond donors (Lipinski definition) is 5. The van der Waals surface area contributed by atoms with Gasteiger partial charge in [0.05, 0.1) is 34.4 Å². The number of aliphatic hydroxyl groups is 2. The molecule has 1 aliphatic carbocycles. The number of alkyl halides is 2. The zero-order valence-corrected chi connectivity index (χ0v) is 20.6. The first-order valence-electron chi connectivity index (χ1n) is 12.3. The van der Waals surface area contributed by atoms with Gasteiger partial charge in [0.2, 0.25) is 5.92 Å². The van der Waals surface area contributed by atoms with Crippen molar-refractivity contribution in [1.29, 1.82) is 0 Å². The first-order chi connectivity index (χ1) is 18.1. The molecule has 2 aromatic carbocycles. The number of aromatic nitrogens is 2. The van der Waals surface area contributed by atoms with E-state index in [0.29, 0.717) is 16.6 Å². The highest BCUT2D eigenvalue weighted by atomic mass is 19.3. The molecule has 11 heteroatoms. The van der Waals surface area contributed by atoms with Crippen LogP contribution in [0.5, 0.6) is 0 Å². The molecule has 0 radical (unpaired) electrons. The highest BCUT2D eigenvalue weighted by Crippen LogP contribution is 2.51. The molecule has 1 aliphatic rings. The molecule has 0 aliphatic heterocycles. The van der Waals surface area contributed by atoms with Crippen LogP contribution in [0.1, 0.15) is 48.2 Å². The molecule has 0 bridgehead atoms. The zero-order valence-electron chi connectivity index (χ0n) is 20.6. The molecule has 3 aromatic rings. The summed E-state index contributed by atoms with van der Waals surface area (Å²) in [5, 5.41) is 34.8. The monoisotopic (exact) mass is 528 g/mol. The molecule has 2 atom stereocenters. The molecule has 9 nitrogen and oxygen atoms in total. The maximum Gasteiger partial charge on any atom is 0.271 e. The van der Waals surface area contributed by atoms with Gasteiger partial charge in [-0.1, -0.05) is 42.5 Å². The van der Waals surface area contributed by atoms with Gasteiger partial charge in [0.25, 0.3) is 11.8 Å². The van der Waals surface area contributed by atoms with Crippen LogP contribution in [0.25, 0.3) is 11.0 Å². The highest BCUT2D eigenvalue weighted by Gasteiger charge is 2.59. The number of para-hydroxylation sites is 2. The predicted octanol–water partition coefficient (Wildman–Crippen LogP) is 2.79. The van der Waals surface area contributed by atoms with Crippen molar-refractivity contribution in [1.82, 2.24) is 20.8 Å². The number of nitrogens with zero attached hydrogens (tertiary/aromatic N) is 2. The van der Waals surface area contributed by atoms with Gasteiger partial charge in [-0.05, 0) is 43.4 Å². The molecule has 202 valence electrons. The zero-order chi connectivity index (χ0) is 27.4. The van der Waals surface area contributed by atoms with Crippen molar-refractivity contribution >= 4 is 22.8 Å². The number of fused-ring (bicyclic) bond motifs is 1. The SMILES string of the molecule is O=C(NCC(O)CC(Cc1ccccc1)(C(=O)NO)C1(O)CCC(F)(F)CC1)c1cnc2ccccc2n1. The van der Waals surface area contributed by atoms with Crippen LogP contribution in [0.2, 0.25) is 0 Å². The van der Waals surface area contributed by atoms with E-state index in [1.807, 2.05) is 0 Å². The third kappa shape index (κ3) is 5.79. The lowest BCUT2D eigenvalue weighted by Crippen LogP contribution is -2.61. The molecule has 1 fully saturated rings. The quantitative estimate of drug-likeness (QED) is 0.212. The van der Waals surface area contributed by atoms with Crippen LogP contribution in [-0.2, 0) is 11.2 Å². The van der Waals surface area contributed by atoms with Gasteiger partial charge in [-0.2, -0.15) is 0 Å². The van der Waals surface area contributed by atoms with Crippen LogP contribution in [-0.4, -0.2) is 61.4 Å². The first kappa shape index (κ1) is 27.5. The summed E-state index contributed by atoms with van der Waals surface area (Å²) in [5.41, 5.74) is -0.499. The molecular formula is C27H30F2N4O5. The summed E-state index contributed by atoms with van der Waals surface area (Å²) in [7, 11) is 0. The van der Waals surface area contributed by atoms with E-state index in [1.165, 1.54) is 6.20 Å². The summed E-state index contributed by atoms with van der Waals surface area (Å²) in [4.78, 5) is 34.3. The van der Waals surface area contributed by atoms with E-state index in [2.05, 4.69) is 15.3 Å². The van der Waals surface area contributed by atoms with Crippen LogP contribution in [0, 0.1) is 5.41 Å². The van der Waals surface area contributed by atoms with Gasteiger partial charge in [-0.3, -0.25) is 19.8 Å². The van der Waals surface area contributed by atoms with Gasteiger partial charge in [-0.25, -0.2) is 19.2 Å². The fourth-order valence-corrected chi connectivity index (χ4v) is 5.21. The second-order valence-electron chi connectivity index (χ2n) is 9.88. The van der Waals surface area contributed by atoms with Crippen molar-refractivity contribution in [3.8, 4) is 0 Å². The van der Waals surface area contributed by atoms with E-state index in [0.717, 1.165) is 0 Å². The number of rotatable bonds is 9. The van der Waals surface area contributed by atoms with Gasteiger partial charge in [-0.15, -0.1) is 0 Å². The largest absolute Gasteiger partial charge is 0.391 e. The molecule has 1 aromatic heterocycles. The Morgan fingerprint density at radius 1 is 1.00 bits per heavy atom. The summed E-state index contributed by atoms with van der Waals surface area (Å²) in [5.74, 6) is -4.60. The number of aliphatic hydroxyl groups excluding tert-OH is 1. The number of nitrogens with one attached hydrogen (secondary N) is 2. The summed E-state index contributed by atoms with van der Waals surface area (Å²) in [6.45, 7) is -0.325. The Bertz CT molecular complexity index is 1280. The number of hydroxylamine groups is 1. The average molecular weight is 529 g/mol. The minimum absolute atomic E-state index is 0.0210. The van der Waals surface area contributed by atoms with E-state index in [4.69, 9.17) is 0 Å². The molecule has 2 amide bonds. The maximum atomic E-state index is 14.0. The third-order valence-corrected chi connectivity index (χ3v) is 7.35. The molecule has 4 rings (SSSR count). The van der Waals surface area contributed by atoms with Crippen LogP contribution in [0.15, 0.2) is 60.8 Å². The Morgan fingerprint density at radius 3 is 2.29 bits per heavy atom. The summed E-state index contributed by atoms with van der Waals surface area (Å²) < 4.78 is 28.0. The van der Waals surface area contributed by atoms with Crippen LogP contribution >= 0.6 is 0 Å². The fourth-order valence-electron chi connectivity index (χ4n) is 5.21. The molecule has 1 heterocycles. The minimum atomic E-state index is -2.99. The smallest absolute Gasteiger partial charge is 0.271 e. The lowest BCUT2D eigenvalue weighted by molar-refractivity contribution is -0.187. The Morgan fingerprint density at radius 2 is 1.63 bits per heavy atom. The lowest BCUT2D eigenvalue weighted by Gasteiger charge is -2.49. The van der Waals surface area contributed by atoms with E-state index in [9.17, 15) is 33.8 Å². The van der Waals surface area contributed by atoms with E-state index in [-0.39, 0.29) is 18.7 Å². The number of carbonyl (C=O) groups excluding carboxylic acids is 2. The van der Waals surface area contributed by atoms with Gasteiger partial charge >= 0.3 is 0 Å². The van der Waals surface area contributed by atoms with Crippen molar-refractivity contribution in [2.45, 2.75) is 56.2 Å². The number of carbonyl (C=O) groups is 2. The van der Waals surface area contributed by atoms with Crippen LogP contribution in [0.4, 0.5) is 8.78 Å². The number of benzene rings is 2. The van der Waals surface area contributed by atoms with Crippen molar-refractivity contribution < 1.29 is 33.8 Å². The second kappa shape index (κ2) is 11.1. The number of amides is 2.